The maximum Gasteiger partial charge on any atom is 0.217 e. The Morgan fingerprint density at radius 2 is 1.86 bits per heavy atom. The Morgan fingerprint density at radius 1 is 1.17 bits per heavy atom. The predicted octanol–water partition coefficient (Wildman–Crippen LogP) is 4.64. The van der Waals surface area contributed by atoms with Gasteiger partial charge in [0, 0.05) is 40.4 Å². The second-order valence-corrected chi connectivity index (χ2v) is 7.24. The molecule has 0 unspecified atom stereocenters. The summed E-state index contributed by atoms with van der Waals surface area (Å²) >= 11 is 0. The number of pyridine rings is 1. The van der Waals surface area contributed by atoms with E-state index in [1.54, 1.807) is 24.5 Å². The van der Waals surface area contributed by atoms with Crippen molar-refractivity contribution in [3.63, 3.8) is 0 Å². The second kappa shape index (κ2) is 8.00. The van der Waals surface area contributed by atoms with Gasteiger partial charge in [0.25, 0.3) is 0 Å². The lowest BCUT2D eigenvalue weighted by Crippen LogP contribution is -2.38. The summed E-state index contributed by atoms with van der Waals surface area (Å²) in [4.78, 5) is 14.8. The number of nitrogens with zero attached hydrogens (tertiary/aromatic N) is 5. The van der Waals surface area contributed by atoms with Crippen molar-refractivity contribution >= 4 is 0 Å². The quantitative estimate of drug-likeness (QED) is 0.386. The van der Waals surface area contributed by atoms with Gasteiger partial charge in [-0.2, -0.15) is 0 Å². The van der Waals surface area contributed by atoms with Crippen LogP contribution in [0.2, 0.25) is 0 Å². The van der Waals surface area contributed by atoms with Crippen LogP contribution in [0.25, 0.3) is 33.0 Å². The van der Waals surface area contributed by atoms with E-state index in [2.05, 4.69) is 20.0 Å². The molecule has 29 heavy (non-hydrogen) atoms. The summed E-state index contributed by atoms with van der Waals surface area (Å²) in [5.41, 5.74) is 11.2. The molecule has 148 valence electrons. The number of nitrogens with one attached hydrogen (secondary N) is 1. The highest BCUT2D eigenvalue weighted by atomic mass is 19.1. The summed E-state index contributed by atoms with van der Waals surface area (Å²) in [6.07, 6.45) is 2.70. The number of H-pyrrole nitrogens is 1. The molecule has 3 aromatic rings. The first kappa shape index (κ1) is 19.1. The highest BCUT2D eigenvalue weighted by Crippen LogP contribution is 2.35. The highest BCUT2D eigenvalue weighted by molar-refractivity contribution is 5.78. The van der Waals surface area contributed by atoms with E-state index in [9.17, 15) is 4.39 Å². The van der Waals surface area contributed by atoms with Gasteiger partial charge in [-0.15, -0.1) is 0 Å². The van der Waals surface area contributed by atoms with Crippen molar-refractivity contribution in [3.8, 4) is 22.5 Å². The summed E-state index contributed by atoms with van der Waals surface area (Å²) in [7, 11) is 0. The number of halogens is 1. The minimum atomic E-state index is -0.677. The van der Waals surface area contributed by atoms with E-state index in [0.717, 1.165) is 16.8 Å². The smallest absolute Gasteiger partial charge is 0.217 e. The largest absolute Gasteiger partial charge is 0.345 e. The molecule has 0 aliphatic carbocycles. The molecule has 1 fully saturated rings. The van der Waals surface area contributed by atoms with Gasteiger partial charge in [-0.05, 0) is 41.9 Å². The van der Waals surface area contributed by atoms with Gasteiger partial charge in [-0.3, -0.25) is 4.98 Å². The molecule has 0 spiro atoms. The number of azide groups is 1. The molecule has 1 aliphatic heterocycles. The lowest BCUT2D eigenvalue weighted by molar-refractivity contribution is -0.231. The summed E-state index contributed by atoms with van der Waals surface area (Å²) < 4.78 is 25.1. The van der Waals surface area contributed by atoms with Crippen LogP contribution in [-0.4, -0.2) is 34.7 Å². The first-order chi connectivity index (χ1) is 14.1. The number of ether oxygens (including phenoxy) is 2. The van der Waals surface area contributed by atoms with Gasteiger partial charge in [0.15, 0.2) is 5.82 Å². The number of hydrogen-bond donors (Lipinski definition) is 1. The molecule has 0 atom stereocenters. The van der Waals surface area contributed by atoms with Gasteiger partial charge in [0.05, 0.1) is 24.6 Å². The maximum absolute atomic E-state index is 13.4. The maximum atomic E-state index is 13.4. The molecular formula is C20H19FN6O2. The number of benzene rings is 1. The molecule has 1 aliphatic rings. The van der Waals surface area contributed by atoms with Crippen LogP contribution in [0.1, 0.15) is 19.0 Å². The highest BCUT2D eigenvalue weighted by Gasteiger charge is 2.34. The van der Waals surface area contributed by atoms with Crippen LogP contribution in [0.3, 0.4) is 0 Å². The van der Waals surface area contributed by atoms with E-state index in [-0.39, 0.29) is 17.8 Å². The van der Waals surface area contributed by atoms with E-state index in [1.807, 2.05) is 19.1 Å². The first-order valence-electron chi connectivity index (χ1n) is 9.08. The average molecular weight is 394 g/mol. The zero-order valence-corrected chi connectivity index (χ0v) is 15.7. The fourth-order valence-electron chi connectivity index (χ4n) is 3.14. The van der Waals surface area contributed by atoms with Crippen LogP contribution in [0.4, 0.5) is 4.39 Å². The lowest BCUT2D eigenvalue weighted by Gasteiger charge is -2.35. The fraction of sp³-hybridized carbons (Fsp3) is 0.300. The van der Waals surface area contributed by atoms with Gasteiger partial charge in [-0.25, -0.2) is 9.37 Å². The van der Waals surface area contributed by atoms with E-state index < -0.39 is 6.29 Å². The fourth-order valence-corrected chi connectivity index (χ4v) is 3.14. The molecule has 1 N–H and O–H groups in total. The van der Waals surface area contributed by atoms with Crippen molar-refractivity contribution in [1.82, 2.24) is 15.0 Å². The monoisotopic (exact) mass is 394 g/mol. The molecule has 3 heterocycles. The Bertz CT molecular complexity index is 1020. The second-order valence-electron chi connectivity index (χ2n) is 7.24. The summed E-state index contributed by atoms with van der Waals surface area (Å²) in [5, 5.41) is 3.63. The van der Waals surface area contributed by atoms with Crippen molar-refractivity contribution in [3.05, 3.63) is 70.9 Å². The third-order valence-corrected chi connectivity index (χ3v) is 4.71. The Hall–Kier alpha value is -3.26. The van der Waals surface area contributed by atoms with Gasteiger partial charge in [-0.1, -0.05) is 12.0 Å². The van der Waals surface area contributed by atoms with E-state index in [4.69, 9.17) is 20.0 Å². The van der Waals surface area contributed by atoms with Crippen molar-refractivity contribution < 1.29 is 13.9 Å². The summed E-state index contributed by atoms with van der Waals surface area (Å²) in [6, 6.07) is 9.90. The molecule has 1 aromatic carbocycles. The molecule has 2 aromatic heterocycles. The zero-order chi connectivity index (χ0) is 20.3. The topological polar surface area (TPSA) is 109 Å². The van der Waals surface area contributed by atoms with Crippen molar-refractivity contribution in [2.24, 2.45) is 10.5 Å². The standard InChI is InChI=1S/C20H19FN6O2/c1-20(10-24-27-22)11-28-19(29-12-20)18-25-16(13-2-4-15(21)5-3-13)17(26-18)14-6-8-23-9-7-14/h2-9,19H,10-12H2,1H3,(H,25,26). The third-order valence-electron chi connectivity index (χ3n) is 4.71. The number of rotatable bonds is 5. The molecule has 1 saturated heterocycles. The van der Waals surface area contributed by atoms with Crippen LogP contribution in [0, 0.1) is 11.2 Å². The normalized spacial score (nSPS) is 21.5. The molecule has 0 bridgehead atoms. The molecule has 9 heteroatoms. The SMILES string of the molecule is CC1(CN=[N+]=[N-])COC(c2nc(-c3ccncc3)c(-c3ccc(F)cc3)[nH]2)OC1. The minimum Gasteiger partial charge on any atom is -0.345 e. The zero-order valence-electron chi connectivity index (χ0n) is 15.7. The lowest BCUT2D eigenvalue weighted by atomic mass is 9.92. The molecular weight excluding hydrogens is 375 g/mol. The molecule has 0 amide bonds. The Morgan fingerprint density at radius 3 is 2.52 bits per heavy atom. The number of hydrogen-bond acceptors (Lipinski definition) is 5. The van der Waals surface area contributed by atoms with E-state index >= 15 is 0 Å². The first-order valence-corrected chi connectivity index (χ1v) is 9.08. The van der Waals surface area contributed by atoms with Crippen molar-refractivity contribution in [1.29, 1.82) is 0 Å². The molecule has 0 radical (unpaired) electrons. The summed E-state index contributed by atoms with van der Waals surface area (Å²) in [5.74, 6) is 0.208. The number of aromatic nitrogens is 3. The molecule has 8 nitrogen and oxygen atoms in total. The van der Waals surface area contributed by atoms with Crippen LogP contribution >= 0.6 is 0 Å². The molecule has 0 saturated carbocycles. The predicted molar refractivity (Wildman–Crippen MR) is 104 cm³/mol. The summed E-state index contributed by atoms with van der Waals surface area (Å²) in [6.45, 7) is 2.96. The van der Waals surface area contributed by atoms with Crippen LogP contribution < -0.4 is 0 Å². The average Bonchev–Trinajstić information content (AvgIpc) is 3.19. The minimum absolute atomic E-state index is 0.289. The van der Waals surface area contributed by atoms with Crippen molar-refractivity contribution in [2.45, 2.75) is 13.2 Å². The number of aromatic amines is 1. The van der Waals surface area contributed by atoms with Crippen LogP contribution in [0.5, 0.6) is 0 Å². The van der Waals surface area contributed by atoms with E-state index in [0.29, 0.717) is 24.7 Å². The van der Waals surface area contributed by atoms with Gasteiger partial charge in [0.1, 0.15) is 5.82 Å². The Kier molecular flexibility index (Phi) is 5.26. The molecule has 4 rings (SSSR count). The number of imidazole rings is 1. The van der Waals surface area contributed by atoms with E-state index in [1.165, 1.54) is 12.1 Å². The van der Waals surface area contributed by atoms with Gasteiger partial charge >= 0.3 is 0 Å². The third kappa shape index (κ3) is 4.12. The Labute approximate surface area is 166 Å². The Balaban J connectivity index is 1.65. The van der Waals surface area contributed by atoms with Gasteiger partial charge < -0.3 is 14.5 Å². The van der Waals surface area contributed by atoms with Gasteiger partial charge in [0.2, 0.25) is 6.29 Å². The van der Waals surface area contributed by atoms with Crippen molar-refractivity contribution in [2.75, 3.05) is 19.8 Å². The van der Waals surface area contributed by atoms with Crippen LogP contribution in [0.15, 0.2) is 53.9 Å². The van der Waals surface area contributed by atoms with Crippen LogP contribution in [-0.2, 0) is 9.47 Å².